The molecule has 0 amide bonds. The first-order valence-electron chi connectivity index (χ1n) is 12.3. The number of halogens is 1. The summed E-state index contributed by atoms with van der Waals surface area (Å²) in [7, 11) is -2.87. The van der Waals surface area contributed by atoms with Crippen molar-refractivity contribution in [2.75, 3.05) is 17.3 Å². The van der Waals surface area contributed by atoms with Crippen LogP contribution in [-0.2, 0) is 21.2 Å². The van der Waals surface area contributed by atoms with E-state index in [1.54, 1.807) is 24.9 Å². The molecule has 0 saturated carbocycles. The van der Waals surface area contributed by atoms with Crippen LogP contribution in [0, 0.1) is 6.92 Å². The van der Waals surface area contributed by atoms with E-state index in [2.05, 4.69) is 30.5 Å². The SMILES string of the molecule is Cc1ccc(/N=N/c2ccc3cc(S(=O)O)cc(Nc4nc(Cl)nc(N(C)c5ccccc5)n4)c3c2O)c(S(=O)(=O)O)c1. The number of nitrogens with zero attached hydrogens (tertiary/aromatic N) is 6. The van der Waals surface area contributed by atoms with E-state index in [1.165, 1.54) is 36.4 Å². The molecule has 13 nitrogen and oxygen atoms in total. The molecule has 0 aliphatic heterocycles. The Morgan fingerprint density at radius 2 is 1.65 bits per heavy atom. The molecule has 43 heavy (non-hydrogen) atoms. The van der Waals surface area contributed by atoms with E-state index in [4.69, 9.17) is 11.6 Å². The van der Waals surface area contributed by atoms with Gasteiger partial charge < -0.3 is 19.9 Å². The highest BCUT2D eigenvalue weighted by molar-refractivity contribution is 7.86. The zero-order chi connectivity index (χ0) is 30.9. The van der Waals surface area contributed by atoms with Crippen molar-refractivity contribution in [1.29, 1.82) is 0 Å². The third-order valence-corrected chi connectivity index (χ3v) is 7.88. The average molecular weight is 640 g/mol. The van der Waals surface area contributed by atoms with Crippen LogP contribution in [0.25, 0.3) is 10.8 Å². The molecule has 1 heterocycles. The molecule has 0 radical (unpaired) electrons. The van der Waals surface area contributed by atoms with Crippen LogP contribution in [0.5, 0.6) is 5.75 Å². The normalized spacial score (nSPS) is 12.5. The first kappa shape index (κ1) is 29.9. The predicted octanol–water partition coefficient (Wildman–Crippen LogP) is 6.45. The van der Waals surface area contributed by atoms with Gasteiger partial charge in [0.2, 0.25) is 17.2 Å². The van der Waals surface area contributed by atoms with Gasteiger partial charge in [-0.05, 0) is 71.9 Å². The van der Waals surface area contributed by atoms with Gasteiger partial charge in [-0.2, -0.15) is 23.4 Å². The number of phenolic OH excluding ortho intramolecular Hbond substituents is 1. The quantitative estimate of drug-likeness (QED) is 0.0829. The number of aromatic nitrogens is 3. The molecule has 0 fully saturated rings. The zero-order valence-electron chi connectivity index (χ0n) is 22.4. The Morgan fingerprint density at radius 1 is 0.953 bits per heavy atom. The minimum absolute atomic E-state index is 0.0167. The smallest absolute Gasteiger partial charge is 0.296 e. The molecule has 1 unspecified atom stereocenters. The van der Waals surface area contributed by atoms with Gasteiger partial charge in [-0.1, -0.05) is 30.3 Å². The summed E-state index contributed by atoms with van der Waals surface area (Å²) >= 11 is 3.82. The molecule has 4 aromatic carbocycles. The lowest BCUT2D eigenvalue weighted by molar-refractivity contribution is 0.482. The number of azo groups is 1. The predicted molar refractivity (Wildman–Crippen MR) is 162 cm³/mol. The molecule has 5 aromatic rings. The largest absolute Gasteiger partial charge is 0.505 e. The van der Waals surface area contributed by atoms with Crippen molar-refractivity contribution in [2.24, 2.45) is 10.2 Å². The molecule has 0 saturated heterocycles. The summed E-state index contributed by atoms with van der Waals surface area (Å²) in [5.41, 5.74) is 1.27. The number of hydrogen-bond donors (Lipinski definition) is 4. The molecule has 4 N–H and O–H groups in total. The van der Waals surface area contributed by atoms with Gasteiger partial charge in [-0.25, -0.2) is 4.21 Å². The highest BCUT2D eigenvalue weighted by Crippen LogP contribution is 2.42. The van der Waals surface area contributed by atoms with Crippen molar-refractivity contribution in [3.8, 4) is 5.75 Å². The fraction of sp³-hybridized carbons (Fsp3) is 0.0741. The van der Waals surface area contributed by atoms with Crippen molar-refractivity contribution in [2.45, 2.75) is 16.7 Å². The van der Waals surface area contributed by atoms with Gasteiger partial charge in [0, 0.05) is 18.1 Å². The first-order chi connectivity index (χ1) is 20.4. The molecule has 0 aliphatic rings. The first-order valence-corrected chi connectivity index (χ1v) is 15.2. The second-order valence-corrected chi connectivity index (χ2v) is 11.8. The van der Waals surface area contributed by atoms with E-state index < -0.39 is 26.1 Å². The summed E-state index contributed by atoms with van der Waals surface area (Å²) in [6.07, 6.45) is 0. The number of aromatic hydroxyl groups is 1. The van der Waals surface area contributed by atoms with E-state index in [0.29, 0.717) is 10.9 Å². The van der Waals surface area contributed by atoms with Gasteiger partial charge in [-0.15, -0.1) is 10.2 Å². The second-order valence-electron chi connectivity index (χ2n) is 9.15. The average Bonchev–Trinajstić information content (AvgIpc) is 2.96. The van der Waals surface area contributed by atoms with Crippen LogP contribution in [0.4, 0.5) is 34.6 Å². The van der Waals surface area contributed by atoms with Crippen LogP contribution < -0.4 is 10.2 Å². The summed E-state index contributed by atoms with van der Waals surface area (Å²) in [4.78, 5) is 14.0. The third kappa shape index (κ3) is 6.60. The number of para-hydroxylation sites is 1. The number of hydrogen-bond acceptors (Lipinski definition) is 11. The fourth-order valence-electron chi connectivity index (χ4n) is 4.14. The van der Waals surface area contributed by atoms with E-state index in [-0.39, 0.29) is 50.3 Å². The molecule has 0 spiro atoms. The highest BCUT2D eigenvalue weighted by Gasteiger charge is 2.19. The minimum atomic E-state index is -4.60. The molecular weight excluding hydrogens is 618 g/mol. The van der Waals surface area contributed by atoms with Crippen LogP contribution in [0.3, 0.4) is 0 Å². The molecule has 1 atom stereocenters. The number of phenols is 1. The molecule has 16 heteroatoms. The maximum Gasteiger partial charge on any atom is 0.296 e. The monoisotopic (exact) mass is 639 g/mol. The van der Waals surface area contributed by atoms with Gasteiger partial charge in [0.15, 0.2) is 16.8 Å². The lowest BCUT2D eigenvalue weighted by atomic mass is 10.1. The van der Waals surface area contributed by atoms with Gasteiger partial charge in [0.25, 0.3) is 10.1 Å². The maximum absolute atomic E-state index is 12.0. The molecule has 0 bridgehead atoms. The van der Waals surface area contributed by atoms with Crippen molar-refractivity contribution >= 4 is 78.2 Å². The zero-order valence-corrected chi connectivity index (χ0v) is 24.8. The molecule has 5 rings (SSSR count). The number of nitrogens with one attached hydrogen (secondary N) is 1. The Labute approximate surface area is 253 Å². The summed E-state index contributed by atoms with van der Waals surface area (Å²) in [5.74, 6) is -0.212. The second kappa shape index (κ2) is 12.0. The number of fused-ring (bicyclic) bond motifs is 1. The van der Waals surface area contributed by atoms with Gasteiger partial charge >= 0.3 is 0 Å². The van der Waals surface area contributed by atoms with Gasteiger partial charge in [0.1, 0.15) is 16.3 Å². The van der Waals surface area contributed by atoms with Gasteiger partial charge in [-0.3, -0.25) is 4.55 Å². The van der Waals surface area contributed by atoms with Crippen molar-refractivity contribution < 1.29 is 26.8 Å². The summed E-state index contributed by atoms with van der Waals surface area (Å²) in [6, 6.07) is 19.1. The van der Waals surface area contributed by atoms with Crippen molar-refractivity contribution in [3.05, 3.63) is 83.6 Å². The number of rotatable bonds is 8. The van der Waals surface area contributed by atoms with Gasteiger partial charge in [0.05, 0.1) is 10.6 Å². The van der Waals surface area contributed by atoms with Crippen LogP contribution in [0.15, 0.2) is 92.8 Å². The van der Waals surface area contributed by atoms with Crippen LogP contribution in [0.2, 0.25) is 5.28 Å². The van der Waals surface area contributed by atoms with E-state index in [1.807, 2.05) is 30.3 Å². The third-order valence-electron chi connectivity index (χ3n) is 6.19. The lowest BCUT2D eigenvalue weighted by Gasteiger charge is -2.18. The van der Waals surface area contributed by atoms with Crippen molar-refractivity contribution in [3.63, 3.8) is 0 Å². The molecule has 1 aromatic heterocycles. The minimum Gasteiger partial charge on any atom is -0.505 e. The molecule has 0 aliphatic carbocycles. The highest BCUT2D eigenvalue weighted by atomic mass is 35.5. The van der Waals surface area contributed by atoms with Crippen LogP contribution >= 0.6 is 11.6 Å². The van der Waals surface area contributed by atoms with E-state index in [0.717, 1.165) is 5.69 Å². The molecular formula is C27H22ClN7O6S2. The lowest BCUT2D eigenvalue weighted by Crippen LogP contribution is -2.14. The summed E-state index contributed by atoms with van der Waals surface area (Å²) in [5, 5.41) is 22.5. The maximum atomic E-state index is 12.0. The standard InChI is InChI=1S/C27H22ClN7O6S2/c1-15-8-10-19(22(12-15)43(39,40)41)33-34-20-11-9-16-13-18(42(37)38)14-21(23(16)24(20)36)29-26-30-25(28)31-27(32-26)35(2)17-6-4-3-5-7-17/h3-14,36H,1-2H3,(H,37,38)(H,39,40,41)(H,29,30,31,32)/b34-33+. The number of benzene rings is 4. The number of anilines is 4. The van der Waals surface area contributed by atoms with Crippen molar-refractivity contribution in [1.82, 2.24) is 15.0 Å². The van der Waals surface area contributed by atoms with Crippen LogP contribution in [0.1, 0.15) is 5.56 Å². The molecule has 220 valence electrons. The van der Waals surface area contributed by atoms with E-state index in [9.17, 15) is 26.8 Å². The topological polar surface area (TPSA) is 191 Å². The van der Waals surface area contributed by atoms with E-state index >= 15 is 0 Å². The number of aryl methyl sites for hydroxylation is 1. The Bertz CT molecular complexity index is 2030. The Hall–Kier alpha value is -4.54. The Kier molecular flexibility index (Phi) is 8.34. The Morgan fingerprint density at radius 3 is 2.35 bits per heavy atom. The Balaban J connectivity index is 1.60. The summed E-state index contributed by atoms with van der Waals surface area (Å²) in [6.45, 7) is 1.65. The fourth-order valence-corrected chi connectivity index (χ4v) is 5.45. The summed E-state index contributed by atoms with van der Waals surface area (Å²) < 4.78 is 55.1. The van der Waals surface area contributed by atoms with Crippen LogP contribution in [-0.4, -0.2) is 48.8 Å².